The monoisotopic (exact) mass is 372 g/mol. The molecule has 1 atom stereocenters. The fourth-order valence-electron chi connectivity index (χ4n) is 3.40. The highest BCUT2D eigenvalue weighted by molar-refractivity contribution is 6.01. The van der Waals surface area contributed by atoms with Crippen molar-refractivity contribution < 1.29 is 4.74 Å². The first kappa shape index (κ1) is 18.0. The zero-order chi connectivity index (χ0) is 19.5. The number of hydrazone groups is 1. The van der Waals surface area contributed by atoms with Crippen molar-refractivity contribution in [3.8, 4) is 5.75 Å². The average Bonchev–Trinajstić information content (AvgIpc) is 3.31. The van der Waals surface area contributed by atoms with E-state index in [0.29, 0.717) is 0 Å². The number of ether oxygens (including phenoxy) is 1. The van der Waals surface area contributed by atoms with Gasteiger partial charge in [-0.2, -0.15) is 10.2 Å². The van der Waals surface area contributed by atoms with Crippen LogP contribution in [0.5, 0.6) is 5.75 Å². The number of allylic oxidation sites excluding steroid dienone is 1. The Labute approximate surface area is 165 Å². The van der Waals surface area contributed by atoms with Gasteiger partial charge in [-0.25, -0.2) is 0 Å². The third-order valence-electron chi connectivity index (χ3n) is 5.18. The summed E-state index contributed by atoms with van der Waals surface area (Å²) in [7, 11) is 3.64. The molecule has 28 heavy (non-hydrogen) atoms. The molecule has 0 aliphatic carbocycles. The Bertz CT molecular complexity index is 1000. The van der Waals surface area contributed by atoms with Crippen LogP contribution in [0.15, 0.2) is 72.0 Å². The van der Waals surface area contributed by atoms with Crippen LogP contribution in [0.3, 0.4) is 0 Å². The molecular formula is C23H24N4O. The normalized spacial score (nSPS) is 16.6. The largest absolute Gasteiger partial charge is 0.497 e. The second-order valence-electron chi connectivity index (χ2n) is 6.91. The lowest BCUT2D eigenvalue weighted by Gasteiger charge is -2.24. The molecule has 0 radical (unpaired) electrons. The summed E-state index contributed by atoms with van der Waals surface area (Å²) in [6.07, 6.45) is 6.93. The molecule has 5 nitrogen and oxygen atoms in total. The molecule has 0 spiro atoms. The van der Waals surface area contributed by atoms with E-state index in [1.807, 2.05) is 48.3 Å². The minimum atomic E-state index is 0.156. The molecule has 2 heterocycles. The third kappa shape index (κ3) is 3.56. The highest BCUT2D eigenvalue weighted by Gasteiger charge is 2.28. The smallest absolute Gasteiger partial charge is 0.118 e. The van der Waals surface area contributed by atoms with Gasteiger partial charge in [0.2, 0.25) is 0 Å². The minimum Gasteiger partial charge on any atom is -0.497 e. The Morgan fingerprint density at radius 3 is 2.43 bits per heavy atom. The van der Waals surface area contributed by atoms with E-state index in [2.05, 4.69) is 53.4 Å². The Balaban J connectivity index is 1.64. The van der Waals surface area contributed by atoms with Crippen molar-refractivity contribution in [2.24, 2.45) is 12.1 Å². The predicted octanol–water partition coefficient (Wildman–Crippen LogP) is 4.76. The van der Waals surface area contributed by atoms with Crippen molar-refractivity contribution in [2.75, 3.05) is 12.1 Å². The van der Waals surface area contributed by atoms with Gasteiger partial charge >= 0.3 is 0 Å². The van der Waals surface area contributed by atoms with Gasteiger partial charge in [-0.3, -0.25) is 9.69 Å². The first-order valence-electron chi connectivity index (χ1n) is 9.38. The van der Waals surface area contributed by atoms with Gasteiger partial charge in [0.15, 0.2) is 0 Å². The Morgan fingerprint density at radius 2 is 1.79 bits per heavy atom. The van der Waals surface area contributed by atoms with Crippen molar-refractivity contribution in [2.45, 2.75) is 19.4 Å². The Hall–Kier alpha value is -3.34. The highest BCUT2D eigenvalue weighted by Crippen LogP contribution is 2.36. The zero-order valence-corrected chi connectivity index (χ0v) is 16.4. The van der Waals surface area contributed by atoms with Crippen LogP contribution in [0.25, 0.3) is 6.08 Å². The van der Waals surface area contributed by atoms with Crippen LogP contribution in [0, 0.1) is 6.92 Å². The maximum absolute atomic E-state index is 5.30. The third-order valence-corrected chi connectivity index (χ3v) is 5.18. The lowest BCUT2D eigenvalue weighted by Crippen LogP contribution is -2.18. The van der Waals surface area contributed by atoms with Crippen LogP contribution in [0.1, 0.15) is 29.3 Å². The number of hydrogen-bond acceptors (Lipinski definition) is 4. The summed E-state index contributed by atoms with van der Waals surface area (Å²) in [5.41, 5.74) is 5.61. The highest BCUT2D eigenvalue weighted by atomic mass is 16.5. The molecule has 1 aliphatic rings. The molecule has 2 aromatic carbocycles. The quantitative estimate of drug-likeness (QED) is 0.649. The molecule has 0 fully saturated rings. The van der Waals surface area contributed by atoms with Crippen molar-refractivity contribution in [1.29, 1.82) is 0 Å². The van der Waals surface area contributed by atoms with Crippen LogP contribution >= 0.6 is 0 Å². The van der Waals surface area contributed by atoms with E-state index in [9.17, 15) is 0 Å². The molecule has 0 amide bonds. The van der Waals surface area contributed by atoms with Crippen LogP contribution < -0.4 is 9.75 Å². The SMILES string of the molecule is COc1ccc([C@H]2CC(/C=C/c3cnn(C)c3C)=NN2c2ccccc2)cc1. The summed E-state index contributed by atoms with van der Waals surface area (Å²) < 4.78 is 7.19. The summed E-state index contributed by atoms with van der Waals surface area (Å²) in [4.78, 5) is 0. The summed E-state index contributed by atoms with van der Waals surface area (Å²) in [5.74, 6) is 0.862. The van der Waals surface area contributed by atoms with Gasteiger partial charge in [-0.05, 0) is 48.9 Å². The predicted molar refractivity (Wildman–Crippen MR) is 114 cm³/mol. The number of methoxy groups -OCH3 is 1. The molecule has 0 N–H and O–H groups in total. The van der Waals surface area contributed by atoms with E-state index in [-0.39, 0.29) is 6.04 Å². The standard InChI is InChI=1S/C23H24N4O/c1-17-19(16-24-26(17)2)9-12-20-15-23(18-10-13-22(28-3)14-11-18)27(25-20)21-7-5-4-6-8-21/h4-14,16,23H,15H2,1-3H3/b12-9+/t23-/m1/s1. The molecule has 0 saturated heterocycles. The molecule has 0 unspecified atom stereocenters. The number of hydrogen-bond donors (Lipinski definition) is 0. The van der Waals surface area contributed by atoms with E-state index in [1.165, 1.54) is 5.56 Å². The first-order chi connectivity index (χ1) is 13.7. The average molecular weight is 372 g/mol. The molecular weight excluding hydrogens is 348 g/mol. The topological polar surface area (TPSA) is 42.6 Å². The number of nitrogens with zero attached hydrogens (tertiary/aromatic N) is 4. The molecule has 5 heteroatoms. The summed E-state index contributed by atoms with van der Waals surface area (Å²) in [5, 5.41) is 11.3. The number of anilines is 1. The fraction of sp³-hybridized carbons (Fsp3) is 0.217. The van der Waals surface area contributed by atoms with E-state index < -0.39 is 0 Å². The van der Waals surface area contributed by atoms with Crippen molar-refractivity contribution >= 4 is 17.5 Å². The lowest BCUT2D eigenvalue weighted by atomic mass is 10.0. The summed E-state index contributed by atoms with van der Waals surface area (Å²) >= 11 is 0. The van der Waals surface area contributed by atoms with Crippen LogP contribution in [0.2, 0.25) is 0 Å². The van der Waals surface area contributed by atoms with Gasteiger partial charge < -0.3 is 4.74 Å². The molecule has 0 saturated carbocycles. The fourth-order valence-corrected chi connectivity index (χ4v) is 3.40. The number of rotatable bonds is 5. The first-order valence-corrected chi connectivity index (χ1v) is 9.38. The van der Waals surface area contributed by atoms with E-state index in [0.717, 1.165) is 34.8 Å². The van der Waals surface area contributed by atoms with Crippen LogP contribution in [0.4, 0.5) is 5.69 Å². The zero-order valence-electron chi connectivity index (χ0n) is 16.4. The number of aryl methyl sites for hydroxylation is 1. The van der Waals surface area contributed by atoms with Gasteiger partial charge in [0.1, 0.15) is 5.75 Å². The summed E-state index contributed by atoms with van der Waals surface area (Å²) in [6, 6.07) is 18.7. The van der Waals surface area contributed by atoms with Gasteiger partial charge in [-0.15, -0.1) is 0 Å². The molecule has 1 aliphatic heterocycles. The maximum Gasteiger partial charge on any atom is 0.118 e. The van der Waals surface area contributed by atoms with Crippen molar-refractivity contribution in [3.63, 3.8) is 0 Å². The number of para-hydroxylation sites is 1. The maximum atomic E-state index is 5.30. The van der Waals surface area contributed by atoms with Gasteiger partial charge in [-0.1, -0.05) is 30.3 Å². The molecule has 4 rings (SSSR count). The molecule has 3 aromatic rings. The van der Waals surface area contributed by atoms with Gasteiger partial charge in [0.25, 0.3) is 0 Å². The molecule has 0 bridgehead atoms. The second kappa shape index (κ2) is 7.72. The van der Waals surface area contributed by atoms with Gasteiger partial charge in [0, 0.05) is 24.7 Å². The van der Waals surface area contributed by atoms with E-state index >= 15 is 0 Å². The van der Waals surface area contributed by atoms with Crippen LogP contribution in [-0.2, 0) is 7.05 Å². The Morgan fingerprint density at radius 1 is 1.04 bits per heavy atom. The number of aromatic nitrogens is 2. The minimum absolute atomic E-state index is 0.156. The van der Waals surface area contributed by atoms with Crippen molar-refractivity contribution in [1.82, 2.24) is 9.78 Å². The van der Waals surface area contributed by atoms with Crippen LogP contribution in [-0.4, -0.2) is 22.6 Å². The van der Waals surface area contributed by atoms with Gasteiger partial charge in [0.05, 0.1) is 30.7 Å². The van der Waals surface area contributed by atoms with Crippen molar-refractivity contribution in [3.05, 3.63) is 83.7 Å². The molecule has 1 aromatic heterocycles. The Kier molecular flexibility index (Phi) is 4.98. The lowest BCUT2D eigenvalue weighted by molar-refractivity contribution is 0.414. The van der Waals surface area contributed by atoms with E-state index in [4.69, 9.17) is 9.84 Å². The summed E-state index contributed by atoms with van der Waals surface area (Å²) in [6.45, 7) is 2.07. The second-order valence-corrected chi connectivity index (χ2v) is 6.91. The number of benzene rings is 2. The van der Waals surface area contributed by atoms with E-state index in [1.54, 1.807) is 7.11 Å². The molecule has 142 valence electrons.